The molecule has 23 nitrogen and oxygen atoms in total. The molecule has 0 radical (unpaired) electrons. The summed E-state index contributed by atoms with van der Waals surface area (Å²) < 4.78 is 105. The van der Waals surface area contributed by atoms with E-state index in [4.69, 9.17) is 9.81 Å². The van der Waals surface area contributed by atoms with Gasteiger partial charge in [0.2, 0.25) is 17.8 Å². The second-order valence-electron chi connectivity index (χ2n) is 10.5. The number of nitrogens with zero attached hydrogens (tertiary/aromatic N) is 6. The van der Waals surface area contributed by atoms with E-state index in [0.29, 0.717) is 5.56 Å². The maximum atomic E-state index is 12.3. The highest BCUT2D eigenvalue weighted by atomic mass is 32.2. The van der Waals surface area contributed by atoms with Crippen LogP contribution < -0.4 is 15.5 Å². The van der Waals surface area contributed by atoms with Gasteiger partial charge in [0, 0.05) is 25.0 Å². The third kappa shape index (κ3) is 11.1. The zero-order chi connectivity index (χ0) is 39.1. The number of azo groups is 1. The summed E-state index contributed by atoms with van der Waals surface area (Å²) in [7, 11) is -14.2. The standard InChI is InChI=1S/C26H30N8O15S4/c1-14-2-3-17(20(10-14)53(45,46)47)32-33-22-19(50-49-48-38)12-15-11-16(52(42,43)44)13-18(21(15)23(22)37)28-25-29-24(27-4-9-51(39,40)41)30-26(31-25)34(5-7-35)6-8-36/h2-3,10-13,35-38H,4-9H2,1H3,(H,39,40,41)(H,42,43,44)(H,45,46,47)(H2,27,28,29,30,31). The predicted octanol–water partition coefficient (Wildman–Crippen LogP) is 2.21. The summed E-state index contributed by atoms with van der Waals surface area (Å²) in [5.41, 5.74) is -0.736. The molecular formula is C26H30N8O15S4. The van der Waals surface area contributed by atoms with Crippen molar-refractivity contribution < 1.29 is 68.9 Å². The average molecular weight is 823 g/mol. The molecule has 53 heavy (non-hydrogen) atoms. The van der Waals surface area contributed by atoms with Crippen molar-refractivity contribution in [3.8, 4) is 5.75 Å². The van der Waals surface area contributed by atoms with E-state index in [9.17, 15) is 49.7 Å². The fraction of sp³-hybridized carbons (Fsp3) is 0.269. The van der Waals surface area contributed by atoms with Crippen LogP contribution in [0.4, 0.5) is 34.9 Å². The fourth-order valence-corrected chi connectivity index (χ4v) is 6.65. The Labute approximate surface area is 304 Å². The van der Waals surface area contributed by atoms with Gasteiger partial charge in [-0.3, -0.25) is 13.7 Å². The highest BCUT2D eigenvalue weighted by molar-refractivity contribution is 7.94. The second-order valence-corrected chi connectivity index (χ2v) is 15.7. The van der Waals surface area contributed by atoms with Crippen LogP contribution in [0.15, 0.2) is 61.3 Å². The van der Waals surface area contributed by atoms with Crippen molar-refractivity contribution in [2.24, 2.45) is 10.2 Å². The lowest BCUT2D eigenvalue weighted by Crippen LogP contribution is -2.32. The number of aromatic hydroxyl groups is 1. The first-order valence-electron chi connectivity index (χ1n) is 14.5. The normalized spacial score (nSPS) is 12.4. The van der Waals surface area contributed by atoms with Crippen LogP contribution in [-0.2, 0) is 39.7 Å². The van der Waals surface area contributed by atoms with Crippen molar-refractivity contribution in [2.45, 2.75) is 21.6 Å². The smallest absolute Gasteiger partial charge is 0.296 e. The largest absolute Gasteiger partial charge is 0.505 e. The van der Waals surface area contributed by atoms with Crippen LogP contribution in [0.5, 0.6) is 5.75 Å². The Morgan fingerprint density at radius 1 is 0.887 bits per heavy atom. The summed E-state index contributed by atoms with van der Waals surface area (Å²) >= 11 is 0.238. The van der Waals surface area contributed by atoms with Crippen LogP contribution in [0.25, 0.3) is 10.8 Å². The zero-order valence-corrected chi connectivity index (χ0v) is 30.2. The second kappa shape index (κ2) is 17.2. The van der Waals surface area contributed by atoms with E-state index < -0.39 is 83.0 Å². The van der Waals surface area contributed by atoms with E-state index in [1.54, 1.807) is 6.92 Å². The Morgan fingerprint density at radius 2 is 1.57 bits per heavy atom. The van der Waals surface area contributed by atoms with E-state index in [1.807, 2.05) is 0 Å². The number of hydrogen-bond donors (Lipinski definition) is 9. The Morgan fingerprint density at radius 3 is 2.17 bits per heavy atom. The molecule has 0 unspecified atom stereocenters. The molecule has 4 aromatic rings. The molecule has 4 rings (SSSR count). The highest BCUT2D eigenvalue weighted by Gasteiger charge is 2.24. The minimum atomic E-state index is -4.96. The summed E-state index contributed by atoms with van der Waals surface area (Å²) in [6.45, 7) is 0.0818. The van der Waals surface area contributed by atoms with E-state index in [1.165, 1.54) is 17.0 Å². The van der Waals surface area contributed by atoms with Crippen molar-refractivity contribution in [3.63, 3.8) is 0 Å². The van der Waals surface area contributed by atoms with E-state index in [2.05, 4.69) is 45.2 Å². The molecule has 1 aromatic heterocycles. The van der Waals surface area contributed by atoms with Crippen LogP contribution in [0, 0.1) is 6.92 Å². The number of benzene rings is 3. The number of phenols is 1. The van der Waals surface area contributed by atoms with Crippen LogP contribution >= 0.6 is 12.0 Å². The third-order valence-electron chi connectivity index (χ3n) is 6.76. The lowest BCUT2D eigenvalue weighted by atomic mass is 10.1. The molecule has 0 aliphatic heterocycles. The molecule has 0 amide bonds. The predicted molar refractivity (Wildman–Crippen MR) is 186 cm³/mol. The van der Waals surface area contributed by atoms with Crippen LogP contribution in [0.3, 0.4) is 0 Å². The molecule has 0 atom stereocenters. The molecule has 0 saturated carbocycles. The minimum Gasteiger partial charge on any atom is -0.505 e. The van der Waals surface area contributed by atoms with Crippen molar-refractivity contribution in [1.82, 2.24) is 15.0 Å². The first-order valence-corrected chi connectivity index (χ1v) is 19.7. The van der Waals surface area contributed by atoms with Gasteiger partial charge in [-0.25, -0.2) is 5.26 Å². The van der Waals surface area contributed by atoms with E-state index in [0.717, 1.165) is 24.3 Å². The maximum absolute atomic E-state index is 12.3. The summed E-state index contributed by atoms with van der Waals surface area (Å²) in [5, 5.41) is 55.8. The van der Waals surface area contributed by atoms with Gasteiger partial charge in [0.1, 0.15) is 16.3 Å². The van der Waals surface area contributed by atoms with Gasteiger partial charge in [0.25, 0.3) is 30.4 Å². The Balaban J connectivity index is 1.97. The molecule has 9 N–H and O–H groups in total. The highest BCUT2D eigenvalue weighted by Crippen LogP contribution is 2.47. The SMILES string of the molecule is Cc1ccc(N=Nc2c(SOOO)cc3cc(S(=O)(=O)O)cc(Nc4nc(NCCS(=O)(=O)O)nc(N(CCO)CCO)n4)c3c2O)c(S(=O)(=O)O)c1. The number of hydrogen-bond acceptors (Lipinski definition) is 21. The molecule has 288 valence electrons. The van der Waals surface area contributed by atoms with E-state index >= 15 is 0 Å². The number of aliphatic hydroxyl groups excluding tert-OH is 2. The average Bonchev–Trinajstić information content (AvgIpc) is 3.05. The number of aliphatic hydroxyl groups is 2. The van der Waals surface area contributed by atoms with Crippen molar-refractivity contribution in [1.29, 1.82) is 0 Å². The first-order chi connectivity index (χ1) is 24.8. The van der Waals surface area contributed by atoms with Crippen LogP contribution in [0.1, 0.15) is 5.56 Å². The number of rotatable bonds is 18. The summed E-state index contributed by atoms with van der Waals surface area (Å²) in [6.07, 6.45) is 0. The first kappa shape index (κ1) is 41.4. The molecule has 0 aliphatic rings. The van der Waals surface area contributed by atoms with Crippen molar-refractivity contribution in [3.05, 3.63) is 42.0 Å². The number of aromatic nitrogens is 3. The van der Waals surface area contributed by atoms with Gasteiger partial charge in [-0.15, -0.1) is 14.6 Å². The molecule has 0 aliphatic carbocycles. The lowest BCUT2D eigenvalue weighted by Gasteiger charge is -2.22. The van der Waals surface area contributed by atoms with Gasteiger partial charge in [0.05, 0.1) is 46.5 Å². The molecule has 1 heterocycles. The zero-order valence-electron chi connectivity index (χ0n) is 26.9. The number of fused-ring (bicyclic) bond motifs is 1. The van der Waals surface area contributed by atoms with Crippen molar-refractivity contribution >= 4 is 88.1 Å². The molecule has 0 fully saturated rings. The molecule has 0 bridgehead atoms. The summed E-state index contributed by atoms with van der Waals surface area (Å²) in [6, 6.07) is 6.72. The number of phenolic OH excluding ortho intramolecular Hbond substituents is 1. The fourth-order valence-electron chi connectivity index (χ4n) is 4.54. The van der Waals surface area contributed by atoms with Crippen molar-refractivity contribution in [2.75, 3.05) is 54.1 Å². The van der Waals surface area contributed by atoms with Gasteiger partial charge in [-0.1, -0.05) is 11.1 Å². The van der Waals surface area contributed by atoms with Crippen LogP contribution in [0.2, 0.25) is 0 Å². The van der Waals surface area contributed by atoms with Gasteiger partial charge in [-0.2, -0.15) is 40.2 Å². The number of aryl methyl sites for hydroxylation is 1. The number of nitrogens with one attached hydrogen (secondary N) is 2. The molecular weight excluding hydrogens is 793 g/mol. The topological polar surface area (TPSA) is 353 Å². The summed E-state index contributed by atoms with van der Waals surface area (Å²) in [5.74, 6) is -2.46. The molecule has 27 heteroatoms. The molecule has 0 saturated heterocycles. The van der Waals surface area contributed by atoms with Gasteiger partial charge in [0.15, 0.2) is 5.75 Å². The molecule has 3 aromatic carbocycles. The maximum Gasteiger partial charge on any atom is 0.296 e. The number of anilines is 4. The lowest BCUT2D eigenvalue weighted by molar-refractivity contribution is -0.432. The van der Waals surface area contributed by atoms with Gasteiger partial charge in [-0.05, 0) is 48.2 Å². The molecule has 0 spiro atoms. The minimum absolute atomic E-state index is 0.106. The van der Waals surface area contributed by atoms with E-state index in [-0.39, 0.29) is 64.1 Å². The Bertz CT molecular complexity index is 2340. The van der Waals surface area contributed by atoms with Crippen LogP contribution in [-0.4, -0.2) is 113 Å². The quantitative estimate of drug-likeness (QED) is 0.0228. The monoisotopic (exact) mass is 822 g/mol. The van der Waals surface area contributed by atoms with Gasteiger partial charge < -0.3 is 30.9 Å². The summed E-state index contributed by atoms with van der Waals surface area (Å²) in [4.78, 5) is 12.2. The Hall–Kier alpha value is -4.39. The Kier molecular flexibility index (Phi) is 13.4. The van der Waals surface area contributed by atoms with Gasteiger partial charge >= 0.3 is 0 Å². The third-order valence-corrected chi connectivity index (χ3v) is 9.82.